The van der Waals surface area contributed by atoms with E-state index < -0.39 is 5.60 Å². The number of hydrogen-bond acceptors (Lipinski definition) is 4. The number of ether oxygens (including phenoxy) is 1. The van der Waals surface area contributed by atoms with Crippen LogP contribution in [0.3, 0.4) is 0 Å². The van der Waals surface area contributed by atoms with Crippen molar-refractivity contribution in [2.75, 3.05) is 18.0 Å². The van der Waals surface area contributed by atoms with Gasteiger partial charge in [-0.25, -0.2) is 9.78 Å². The van der Waals surface area contributed by atoms with Gasteiger partial charge in [-0.1, -0.05) is 13.0 Å². The smallest absolute Gasteiger partial charge is 0.416 e. The lowest BCUT2D eigenvalue weighted by atomic mass is 10.1. The highest BCUT2D eigenvalue weighted by molar-refractivity contribution is 5.88. The number of carbonyl (C=O) groups is 1. The first-order valence-corrected chi connectivity index (χ1v) is 9.11. The fraction of sp³-hybridized carbons (Fsp3) is 0.684. The molecule has 0 aromatic carbocycles. The summed E-state index contributed by atoms with van der Waals surface area (Å²) in [5.74, 6) is 0.705. The number of hydrogen-bond donors (Lipinski definition) is 0. The van der Waals surface area contributed by atoms with Gasteiger partial charge >= 0.3 is 6.09 Å². The number of rotatable bonds is 4. The molecule has 2 aliphatic rings. The first-order chi connectivity index (χ1) is 11.4. The Kier molecular flexibility index (Phi) is 4.81. The number of amides is 1. The van der Waals surface area contributed by atoms with Crippen molar-refractivity contribution in [3.63, 3.8) is 0 Å². The highest BCUT2D eigenvalue weighted by Gasteiger charge is 2.37. The molecule has 2 fully saturated rings. The van der Waals surface area contributed by atoms with Crippen molar-refractivity contribution in [3.8, 4) is 0 Å². The van der Waals surface area contributed by atoms with Crippen LogP contribution in [0.4, 0.5) is 10.6 Å². The van der Waals surface area contributed by atoms with Crippen LogP contribution in [-0.2, 0) is 4.74 Å². The van der Waals surface area contributed by atoms with Crippen LogP contribution in [0.5, 0.6) is 0 Å². The summed E-state index contributed by atoms with van der Waals surface area (Å²) in [7, 11) is 0. The largest absolute Gasteiger partial charge is 0.443 e. The zero-order valence-electron chi connectivity index (χ0n) is 15.3. The molecule has 0 N–H and O–H groups in total. The fourth-order valence-electron chi connectivity index (χ4n) is 3.39. The monoisotopic (exact) mass is 331 g/mol. The van der Waals surface area contributed by atoms with E-state index in [1.54, 1.807) is 4.90 Å². The van der Waals surface area contributed by atoms with Crippen molar-refractivity contribution < 1.29 is 9.53 Å². The predicted octanol–water partition coefficient (Wildman–Crippen LogP) is 4.14. The second-order valence-corrected chi connectivity index (χ2v) is 7.82. The van der Waals surface area contributed by atoms with E-state index in [1.165, 1.54) is 18.4 Å². The summed E-state index contributed by atoms with van der Waals surface area (Å²) < 4.78 is 5.56. The van der Waals surface area contributed by atoms with Gasteiger partial charge in [-0.15, -0.1) is 0 Å². The van der Waals surface area contributed by atoms with E-state index >= 15 is 0 Å². The maximum atomic E-state index is 12.5. The molecule has 0 spiro atoms. The van der Waals surface area contributed by atoms with E-state index in [0.29, 0.717) is 11.9 Å². The minimum Gasteiger partial charge on any atom is -0.443 e. The van der Waals surface area contributed by atoms with E-state index in [1.807, 2.05) is 33.0 Å². The lowest BCUT2D eigenvalue weighted by Crippen LogP contribution is -2.38. The Morgan fingerprint density at radius 2 is 2.08 bits per heavy atom. The second kappa shape index (κ2) is 6.71. The summed E-state index contributed by atoms with van der Waals surface area (Å²) in [6.45, 7) is 10.1. The van der Waals surface area contributed by atoms with Crippen LogP contribution < -0.4 is 4.90 Å². The van der Waals surface area contributed by atoms with Crippen LogP contribution >= 0.6 is 0 Å². The maximum Gasteiger partial charge on any atom is 0.416 e. The number of likely N-dealkylation sites (tertiary alicyclic amines) is 1. The molecule has 0 bridgehead atoms. The van der Waals surface area contributed by atoms with Crippen molar-refractivity contribution in [2.45, 2.75) is 71.1 Å². The Morgan fingerprint density at radius 3 is 2.62 bits per heavy atom. The lowest BCUT2D eigenvalue weighted by Gasteiger charge is -2.27. The van der Waals surface area contributed by atoms with Gasteiger partial charge in [0.1, 0.15) is 11.4 Å². The van der Waals surface area contributed by atoms with Gasteiger partial charge in [0, 0.05) is 18.3 Å². The number of aromatic nitrogens is 1. The van der Waals surface area contributed by atoms with Crippen LogP contribution in [0.1, 0.15) is 65.0 Å². The number of pyridine rings is 1. The third kappa shape index (κ3) is 3.89. The molecule has 1 aliphatic carbocycles. The second-order valence-electron chi connectivity index (χ2n) is 7.82. The molecule has 0 unspecified atom stereocenters. The normalized spacial score (nSPS) is 21.8. The van der Waals surface area contributed by atoms with Crippen LogP contribution in [0, 0.1) is 0 Å². The highest BCUT2D eigenvalue weighted by atomic mass is 16.6. The summed E-state index contributed by atoms with van der Waals surface area (Å²) in [6.07, 6.45) is 6.12. The molecule has 2 heterocycles. The molecule has 5 heteroatoms. The average Bonchev–Trinajstić information content (AvgIpc) is 3.22. The van der Waals surface area contributed by atoms with Crippen molar-refractivity contribution >= 4 is 11.9 Å². The first-order valence-electron chi connectivity index (χ1n) is 9.11. The molecule has 1 aliphatic heterocycles. The van der Waals surface area contributed by atoms with Crippen molar-refractivity contribution in [1.29, 1.82) is 0 Å². The lowest BCUT2D eigenvalue weighted by molar-refractivity contribution is 0.0576. The molecular formula is C19H29N3O2. The van der Waals surface area contributed by atoms with Crippen LogP contribution in [0.25, 0.3) is 0 Å². The minimum atomic E-state index is -0.490. The molecule has 5 nitrogen and oxygen atoms in total. The zero-order valence-corrected chi connectivity index (χ0v) is 15.3. The van der Waals surface area contributed by atoms with Crippen molar-refractivity contribution in [1.82, 2.24) is 9.88 Å². The topological polar surface area (TPSA) is 45.7 Å². The Hall–Kier alpha value is -1.62. The molecule has 24 heavy (non-hydrogen) atoms. The van der Waals surface area contributed by atoms with Gasteiger partial charge in [0.25, 0.3) is 0 Å². The van der Waals surface area contributed by atoms with Gasteiger partial charge in [0.15, 0.2) is 0 Å². The van der Waals surface area contributed by atoms with Crippen LogP contribution in [0.15, 0.2) is 18.3 Å². The summed E-state index contributed by atoms with van der Waals surface area (Å²) in [5.41, 5.74) is 0.758. The van der Waals surface area contributed by atoms with Crippen molar-refractivity contribution in [3.05, 3.63) is 23.9 Å². The third-order valence-electron chi connectivity index (χ3n) is 4.67. The summed E-state index contributed by atoms with van der Waals surface area (Å²) in [6, 6.07) is 4.80. The zero-order chi connectivity index (χ0) is 17.3. The summed E-state index contributed by atoms with van der Waals surface area (Å²) in [5, 5.41) is 0. The van der Waals surface area contributed by atoms with E-state index in [2.05, 4.69) is 22.9 Å². The molecule has 1 amide bonds. The molecule has 1 aromatic heterocycles. The predicted molar refractivity (Wildman–Crippen MR) is 95.2 cm³/mol. The molecule has 1 saturated carbocycles. The van der Waals surface area contributed by atoms with E-state index in [0.717, 1.165) is 25.9 Å². The van der Waals surface area contributed by atoms with Crippen molar-refractivity contribution in [2.24, 2.45) is 0 Å². The van der Waals surface area contributed by atoms with E-state index in [4.69, 9.17) is 4.74 Å². The van der Waals surface area contributed by atoms with Gasteiger partial charge in [0.05, 0.1) is 0 Å². The number of carbonyl (C=O) groups excluding carboxylic acids is 1. The first kappa shape index (κ1) is 17.2. The van der Waals surface area contributed by atoms with Gasteiger partial charge < -0.3 is 4.74 Å². The SMILES string of the molecule is CCN1CCC[C@@H]1c1ccc(N(C(=O)OC(C)(C)C)C2CC2)nc1. The number of anilines is 1. The minimum absolute atomic E-state index is 0.233. The number of nitrogens with zero attached hydrogens (tertiary/aromatic N) is 3. The molecule has 132 valence electrons. The molecule has 1 atom stereocenters. The van der Waals surface area contributed by atoms with Crippen LogP contribution in [0.2, 0.25) is 0 Å². The summed E-state index contributed by atoms with van der Waals surface area (Å²) >= 11 is 0. The van der Waals surface area contributed by atoms with Gasteiger partial charge in [-0.3, -0.25) is 9.80 Å². The van der Waals surface area contributed by atoms with E-state index in [-0.39, 0.29) is 12.1 Å². The Balaban J connectivity index is 1.76. The van der Waals surface area contributed by atoms with E-state index in [9.17, 15) is 4.79 Å². The molecule has 3 rings (SSSR count). The Labute approximate surface area is 145 Å². The fourth-order valence-corrected chi connectivity index (χ4v) is 3.39. The Morgan fingerprint density at radius 1 is 1.33 bits per heavy atom. The standard InChI is InChI=1S/C19H29N3O2/c1-5-21-12-6-7-16(21)14-8-11-17(20-13-14)22(15-9-10-15)18(23)24-19(2,3)4/h8,11,13,15-16H,5-7,9-10,12H2,1-4H3/t16-/m1/s1. The summed E-state index contributed by atoms with van der Waals surface area (Å²) in [4.78, 5) is 21.4. The van der Waals surface area contributed by atoms with Crippen LogP contribution in [-0.4, -0.2) is 40.7 Å². The highest BCUT2D eigenvalue weighted by Crippen LogP contribution is 2.34. The molecule has 0 radical (unpaired) electrons. The molecule has 1 saturated heterocycles. The van der Waals surface area contributed by atoms with Gasteiger partial charge in [-0.05, 0) is 71.2 Å². The third-order valence-corrected chi connectivity index (χ3v) is 4.67. The quantitative estimate of drug-likeness (QED) is 0.832. The Bertz CT molecular complexity index is 575. The van der Waals surface area contributed by atoms with Gasteiger partial charge in [-0.2, -0.15) is 0 Å². The molecule has 1 aromatic rings. The van der Waals surface area contributed by atoms with Gasteiger partial charge in [0.2, 0.25) is 0 Å². The molecular weight excluding hydrogens is 302 g/mol. The average molecular weight is 331 g/mol. The maximum absolute atomic E-state index is 12.5.